The lowest BCUT2D eigenvalue weighted by Gasteiger charge is -2.29. The Balaban J connectivity index is 2.06. The summed E-state index contributed by atoms with van der Waals surface area (Å²) in [7, 11) is 0. The number of hydrogen-bond acceptors (Lipinski definition) is 3. The average Bonchev–Trinajstić information content (AvgIpc) is 2.48. The number of nitrogens with one attached hydrogen (secondary N) is 1. The molecule has 0 aromatic heterocycles. The van der Waals surface area contributed by atoms with Crippen molar-refractivity contribution in [3.05, 3.63) is 53.1 Å². The van der Waals surface area contributed by atoms with Crippen LogP contribution in [0.2, 0.25) is 5.02 Å². The van der Waals surface area contributed by atoms with E-state index in [2.05, 4.69) is 5.32 Å². The molecule has 6 heteroatoms. The largest absolute Gasteiger partial charge is 0.508 e. The minimum absolute atomic E-state index is 0.0579. The number of halogens is 1. The minimum atomic E-state index is -0.432. The number of anilines is 2. The molecular weight excluding hydrogens is 292 g/mol. The van der Waals surface area contributed by atoms with Gasteiger partial charge < -0.3 is 10.4 Å². The van der Waals surface area contributed by atoms with Crippen LogP contribution in [0.5, 0.6) is 5.75 Å². The first-order chi connectivity index (χ1) is 10.1. The van der Waals surface area contributed by atoms with Gasteiger partial charge >= 0.3 is 0 Å². The van der Waals surface area contributed by atoms with Gasteiger partial charge in [0, 0.05) is 0 Å². The van der Waals surface area contributed by atoms with Gasteiger partial charge in [0.15, 0.2) is 0 Å². The summed E-state index contributed by atoms with van der Waals surface area (Å²) in [6.45, 7) is -0.0954. The summed E-state index contributed by atoms with van der Waals surface area (Å²) in [5.74, 6) is -0.769. The molecule has 1 aliphatic rings. The minimum Gasteiger partial charge on any atom is -0.508 e. The van der Waals surface area contributed by atoms with Gasteiger partial charge in [0.25, 0.3) is 5.91 Å². The molecule has 0 radical (unpaired) electrons. The van der Waals surface area contributed by atoms with Crippen molar-refractivity contribution in [2.24, 2.45) is 0 Å². The second-order valence-electron chi connectivity index (χ2n) is 4.62. The zero-order valence-corrected chi connectivity index (χ0v) is 11.6. The van der Waals surface area contributed by atoms with Crippen molar-refractivity contribution in [1.82, 2.24) is 0 Å². The molecular formula is C15H11ClN2O3. The van der Waals surface area contributed by atoms with Gasteiger partial charge in [-0.1, -0.05) is 23.7 Å². The Morgan fingerprint density at radius 1 is 1.24 bits per heavy atom. The highest BCUT2D eigenvalue weighted by Crippen LogP contribution is 2.32. The summed E-state index contributed by atoms with van der Waals surface area (Å²) in [5.41, 5.74) is 1.32. The van der Waals surface area contributed by atoms with Crippen LogP contribution in [-0.2, 0) is 4.79 Å². The van der Waals surface area contributed by atoms with E-state index < -0.39 is 5.91 Å². The van der Waals surface area contributed by atoms with Crippen LogP contribution < -0.4 is 10.2 Å². The maximum absolute atomic E-state index is 12.6. The zero-order chi connectivity index (χ0) is 15.0. The summed E-state index contributed by atoms with van der Waals surface area (Å²) in [4.78, 5) is 25.7. The van der Waals surface area contributed by atoms with Crippen molar-refractivity contribution in [3.8, 4) is 5.75 Å². The van der Waals surface area contributed by atoms with E-state index in [0.29, 0.717) is 11.4 Å². The van der Waals surface area contributed by atoms with Crippen LogP contribution in [-0.4, -0.2) is 23.5 Å². The highest BCUT2D eigenvalue weighted by molar-refractivity contribution is 6.35. The Bertz CT molecular complexity index is 745. The lowest BCUT2D eigenvalue weighted by Crippen LogP contribution is -2.42. The molecule has 0 atom stereocenters. The van der Waals surface area contributed by atoms with Crippen LogP contribution in [0.15, 0.2) is 42.5 Å². The van der Waals surface area contributed by atoms with Gasteiger partial charge in [-0.2, -0.15) is 0 Å². The molecule has 0 unspecified atom stereocenters. The highest BCUT2D eigenvalue weighted by Gasteiger charge is 2.28. The molecule has 0 aliphatic carbocycles. The van der Waals surface area contributed by atoms with Gasteiger partial charge in [-0.3, -0.25) is 14.5 Å². The Morgan fingerprint density at radius 2 is 2.00 bits per heavy atom. The molecule has 0 saturated heterocycles. The maximum Gasteiger partial charge on any atom is 0.260 e. The van der Waals surface area contributed by atoms with E-state index in [1.165, 1.54) is 23.1 Å². The van der Waals surface area contributed by atoms with Crippen molar-refractivity contribution in [3.63, 3.8) is 0 Å². The number of phenolic OH excluding ortho intramolecular Hbond substituents is 1. The van der Waals surface area contributed by atoms with Crippen molar-refractivity contribution >= 4 is 34.8 Å². The van der Waals surface area contributed by atoms with Crippen LogP contribution in [0.4, 0.5) is 11.4 Å². The number of hydrogen-bond donors (Lipinski definition) is 2. The normalized spacial score (nSPS) is 13.6. The Hall–Kier alpha value is -2.53. The lowest BCUT2D eigenvalue weighted by atomic mass is 10.1. The van der Waals surface area contributed by atoms with Crippen LogP contribution in [0.25, 0.3) is 0 Å². The van der Waals surface area contributed by atoms with Gasteiger partial charge in [-0.05, 0) is 30.3 Å². The van der Waals surface area contributed by atoms with Crippen LogP contribution in [0.1, 0.15) is 10.4 Å². The Morgan fingerprint density at radius 3 is 2.81 bits per heavy atom. The monoisotopic (exact) mass is 302 g/mol. The number of carbonyl (C=O) groups is 2. The SMILES string of the molecule is O=C1CN(C(=O)c2cc(O)ccc2Cl)c2ccccc2N1. The predicted octanol–water partition coefficient (Wildman–Crippen LogP) is 2.64. The zero-order valence-electron chi connectivity index (χ0n) is 10.8. The average molecular weight is 303 g/mol. The first-order valence-electron chi connectivity index (χ1n) is 6.25. The maximum atomic E-state index is 12.6. The topological polar surface area (TPSA) is 69.6 Å². The van der Waals surface area contributed by atoms with Gasteiger partial charge in [-0.15, -0.1) is 0 Å². The summed E-state index contributed by atoms with van der Waals surface area (Å²) < 4.78 is 0. The number of aromatic hydroxyl groups is 1. The van der Waals surface area contributed by atoms with Crippen molar-refractivity contribution in [2.75, 3.05) is 16.8 Å². The van der Waals surface area contributed by atoms with Gasteiger partial charge in [0.05, 0.1) is 22.0 Å². The summed E-state index contributed by atoms with van der Waals surface area (Å²) >= 11 is 6.01. The summed E-state index contributed by atoms with van der Waals surface area (Å²) in [6.07, 6.45) is 0. The van der Waals surface area contributed by atoms with Crippen LogP contribution >= 0.6 is 11.6 Å². The number of amides is 2. The fourth-order valence-corrected chi connectivity index (χ4v) is 2.44. The second kappa shape index (κ2) is 5.10. The molecule has 2 aromatic rings. The van der Waals surface area contributed by atoms with E-state index in [-0.39, 0.29) is 28.8 Å². The fourth-order valence-electron chi connectivity index (χ4n) is 2.24. The Kier molecular flexibility index (Phi) is 3.27. The molecule has 0 bridgehead atoms. The number of carbonyl (C=O) groups excluding carboxylic acids is 2. The number of para-hydroxylation sites is 2. The predicted molar refractivity (Wildman–Crippen MR) is 79.9 cm³/mol. The highest BCUT2D eigenvalue weighted by atomic mass is 35.5. The molecule has 1 heterocycles. The van der Waals surface area contributed by atoms with E-state index >= 15 is 0 Å². The number of benzene rings is 2. The molecule has 0 fully saturated rings. The van der Waals surface area contributed by atoms with E-state index in [9.17, 15) is 14.7 Å². The van der Waals surface area contributed by atoms with Crippen molar-refractivity contribution < 1.29 is 14.7 Å². The fraction of sp³-hybridized carbons (Fsp3) is 0.0667. The second-order valence-corrected chi connectivity index (χ2v) is 5.03. The molecule has 1 aliphatic heterocycles. The number of rotatable bonds is 1. The van der Waals surface area contributed by atoms with Crippen LogP contribution in [0, 0.1) is 0 Å². The molecule has 106 valence electrons. The Labute approximate surface area is 125 Å². The molecule has 3 rings (SSSR count). The van der Waals surface area contributed by atoms with Crippen LogP contribution in [0.3, 0.4) is 0 Å². The quantitative estimate of drug-likeness (QED) is 0.851. The number of phenols is 1. The third kappa shape index (κ3) is 2.43. The molecule has 0 spiro atoms. The van der Waals surface area contributed by atoms with E-state index in [1.807, 2.05) is 0 Å². The van der Waals surface area contributed by atoms with E-state index in [1.54, 1.807) is 24.3 Å². The summed E-state index contributed by atoms with van der Waals surface area (Å²) in [5, 5.41) is 12.5. The van der Waals surface area contributed by atoms with Gasteiger partial charge in [0.2, 0.25) is 5.91 Å². The molecule has 2 amide bonds. The molecule has 5 nitrogen and oxygen atoms in total. The molecule has 2 aromatic carbocycles. The van der Waals surface area contributed by atoms with E-state index in [0.717, 1.165) is 0 Å². The van der Waals surface area contributed by atoms with Crippen molar-refractivity contribution in [1.29, 1.82) is 0 Å². The molecule has 0 saturated carbocycles. The first kappa shape index (κ1) is 13.5. The lowest BCUT2D eigenvalue weighted by molar-refractivity contribution is -0.115. The molecule has 21 heavy (non-hydrogen) atoms. The first-order valence-corrected chi connectivity index (χ1v) is 6.63. The third-order valence-corrected chi connectivity index (χ3v) is 3.53. The standard InChI is InChI=1S/C15H11ClN2O3/c16-11-6-5-9(19)7-10(11)15(21)18-8-14(20)17-12-3-1-2-4-13(12)18/h1-7,19H,8H2,(H,17,20). The smallest absolute Gasteiger partial charge is 0.260 e. The number of nitrogens with zero attached hydrogens (tertiary/aromatic N) is 1. The third-order valence-electron chi connectivity index (χ3n) is 3.20. The van der Waals surface area contributed by atoms with Gasteiger partial charge in [0.1, 0.15) is 12.3 Å². The van der Waals surface area contributed by atoms with E-state index in [4.69, 9.17) is 11.6 Å². The van der Waals surface area contributed by atoms with Gasteiger partial charge in [-0.25, -0.2) is 0 Å². The summed E-state index contributed by atoms with van der Waals surface area (Å²) in [6, 6.07) is 11.1. The number of fused-ring (bicyclic) bond motifs is 1. The van der Waals surface area contributed by atoms with Crippen molar-refractivity contribution in [2.45, 2.75) is 0 Å². The molecule has 2 N–H and O–H groups in total.